The summed E-state index contributed by atoms with van der Waals surface area (Å²) >= 11 is 0. The van der Waals surface area contributed by atoms with Crippen molar-refractivity contribution in [1.29, 1.82) is 0 Å². The highest BCUT2D eigenvalue weighted by Gasteiger charge is 2.03. The molecule has 0 radical (unpaired) electrons. The fourth-order valence-corrected chi connectivity index (χ4v) is 1.12. The zero-order chi connectivity index (χ0) is 12.0. The Labute approximate surface area is 93.8 Å². The Morgan fingerprint density at radius 1 is 1.38 bits per heavy atom. The van der Waals surface area contributed by atoms with Crippen molar-refractivity contribution < 1.29 is 9.59 Å². The van der Waals surface area contributed by atoms with Crippen molar-refractivity contribution in [3.8, 4) is 11.8 Å². The molecule has 0 saturated heterocycles. The number of hydrogen-bond acceptors (Lipinski definition) is 2. The van der Waals surface area contributed by atoms with E-state index in [1.165, 1.54) is 6.92 Å². The smallest absolute Gasteiger partial charge is 0.249 e. The predicted molar refractivity (Wildman–Crippen MR) is 60.5 cm³/mol. The largest absolute Gasteiger partial charge is 0.366 e. The lowest BCUT2D eigenvalue weighted by Crippen LogP contribution is -2.19. The summed E-state index contributed by atoms with van der Waals surface area (Å²) in [5.41, 5.74) is 6.15. The first-order valence-corrected chi connectivity index (χ1v) is 4.73. The average Bonchev–Trinajstić information content (AvgIpc) is 2.24. The molecular weight excluding hydrogens is 204 g/mol. The van der Waals surface area contributed by atoms with Crippen LogP contribution in [0.25, 0.3) is 0 Å². The van der Waals surface area contributed by atoms with Gasteiger partial charge >= 0.3 is 0 Å². The number of nitrogens with two attached hydrogens (primary N) is 1. The Kier molecular flexibility index (Phi) is 4.10. The summed E-state index contributed by atoms with van der Waals surface area (Å²) in [6.07, 6.45) is 0. The molecule has 0 saturated carbocycles. The molecule has 0 heterocycles. The lowest BCUT2D eigenvalue weighted by molar-refractivity contribution is -0.118. The van der Waals surface area contributed by atoms with Gasteiger partial charge in [0.05, 0.1) is 12.1 Å². The van der Waals surface area contributed by atoms with E-state index in [0.717, 1.165) is 0 Å². The van der Waals surface area contributed by atoms with Gasteiger partial charge in [-0.15, -0.1) is 0 Å². The van der Waals surface area contributed by atoms with Crippen LogP contribution >= 0.6 is 0 Å². The van der Waals surface area contributed by atoms with Gasteiger partial charge in [0.2, 0.25) is 11.8 Å². The van der Waals surface area contributed by atoms with Gasteiger partial charge in [-0.25, -0.2) is 0 Å². The van der Waals surface area contributed by atoms with E-state index in [1.54, 1.807) is 24.3 Å². The van der Waals surface area contributed by atoms with Crippen molar-refractivity contribution >= 4 is 11.8 Å². The number of primary amides is 1. The summed E-state index contributed by atoms with van der Waals surface area (Å²) in [6.45, 7) is 1.67. The lowest BCUT2D eigenvalue weighted by Gasteiger charge is -1.98. The normalized spacial score (nSPS) is 8.81. The van der Waals surface area contributed by atoms with Crippen LogP contribution in [-0.2, 0) is 4.79 Å². The third-order valence-corrected chi connectivity index (χ3v) is 1.84. The second-order valence-corrected chi connectivity index (χ2v) is 3.12. The molecule has 0 spiro atoms. The highest BCUT2D eigenvalue weighted by Crippen LogP contribution is 2.05. The third kappa shape index (κ3) is 3.46. The fourth-order valence-electron chi connectivity index (χ4n) is 1.12. The van der Waals surface area contributed by atoms with Crippen LogP contribution in [0.3, 0.4) is 0 Å². The second kappa shape index (κ2) is 5.56. The van der Waals surface area contributed by atoms with E-state index in [-0.39, 0.29) is 12.5 Å². The molecule has 1 aromatic rings. The number of rotatable bonds is 2. The van der Waals surface area contributed by atoms with Crippen molar-refractivity contribution in [2.24, 2.45) is 5.73 Å². The maximum absolute atomic E-state index is 11.0. The number of amides is 2. The molecule has 4 nitrogen and oxygen atoms in total. The van der Waals surface area contributed by atoms with Crippen LogP contribution in [0.5, 0.6) is 0 Å². The Balaban J connectivity index is 2.80. The monoisotopic (exact) mass is 216 g/mol. The molecule has 82 valence electrons. The molecule has 1 rings (SSSR count). The zero-order valence-corrected chi connectivity index (χ0v) is 8.91. The lowest BCUT2D eigenvalue weighted by atomic mass is 10.1. The maximum Gasteiger partial charge on any atom is 0.249 e. The van der Waals surface area contributed by atoms with Gasteiger partial charge in [-0.05, 0) is 12.1 Å². The maximum atomic E-state index is 11.0. The third-order valence-electron chi connectivity index (χ3n) is 1.84. The van der Waals surface area contributed by atoms with Crippen LogP contribution < -0.4 is 11.1 Å². The van der Waals surface area contributed by atoms with Crippen LogP contribution in [-0.4, -0.2) is 18.4 Å². The van der Waals surface area contributed by atoms with Crippen molar-refractivity contribution in [1.82, 2.24) is 5.32 Å². The van der Waals surface area contributed by atoms with Crippen LogP contribution in [0, 0.1) is 11.8 Å². The minimum Gasteiger partial charge on any atom is -0.366 e. The van der Waals surface area contributed by atoms with Crippen molar-refractivity contribution in [3.05, 3.63) is 35.4 Å². The Bertz CT molecular complexity index is 469. The number of carbonyl (C=O) groups excluding carboxylic acids is 2. The summed E-state index contributed by atoms with van der Waals surface area (Å²) in [5.74, 6) is 4.87. The van der Waals surface area contributed by atoms with Gasteiger partial charge in [-0.3, -0.25) is 9.59 Å². The van der Waals surface area contributed by atoms with Gasteiger partial charge in [0.15, 0.2) is 0 Å². The van der Waals surface area contributed by atoms with E-state index < -0.39 is 5.91 Å². The quantitative estimate of drug-likeness (QED) is 0.697. The summed E-state index contributed by atoms with van der Waals surface area (Å²) in [4.78, 5) is 21.6. The molecule has 0 bridgehead atoms. The number of hydrogen-bond donors (Lipinski definition) is 2. The molecule has 0 aliphatic carbocycles. The highest BCUT2D eigenvalue weighted by atomic mass is 16.1. The van der Waals surface area contributed by atoms with Crippen molar-refractivity contribution in [3.63, 3.8) is 0 Å². The fraction of sp³-hybridized carbons (Fsp3) is 0.167. The van der Waals surface area contributed by atoms with Gasteiger partial charge in [0.1, 0.15) is 0 Å². The van der Waals surface area contributed by atoms with Crippen molar-refractivity contribution in [2.75, 3.05) is 6.54 Å². The minimum absolute atomic E-state index is 0.141. The molecule has 2 amide bonds. The van der Waals surface area contributed by atoms with Crippen molar-refractivity contribution in [2.45, 2.75) is 6.92 Å². The molecule has 0 unspecified atom stereocenters. The van der Waals surface area contributed by atoms with Gasteiger partial charge in [0.25, 0.3) is 0 Å². The molecule has 0 atom stereocenters. The summed E-state index contributed by atoms with van der Waals surface area (Å²) in [7, 11) is 0. The molecule has 0 aliphatic heterocycles. The Morgan fingerprint density at radius 3 is 2.69 bits per heavy atom. The van der Waals surface area contributed by atoms with E-state index in [2.05, 4.69) is 17.2 Å². The molecule has 0 aromatic heterocycles. The zero-order valence-electron chi connectivity index (χ0n) is 8.91. The topological polar surface area (TPSA) is 72.2 Å². The number of benzene rings is 1. The second-order valence-electron chi connectivity index (χ2n) is 3.12. The standard InChI is InChI=1S/C12H12N2O2/c1-9(15)14-8-4-6-10-5-2-3-7-11(10)12(13)16/h2-3,5,7H,8H2,1H3,(H2,13,16)(H,14,15). The number of nitrogens with one attached hydrogen (secondary N) is 1. The first kappa shape index (κ1) is 11.8. The van der Waals surface area contributed by atoms with E-state index in [4.69, 9.17) is 5.73 Å². The molecule has 0 aliphatic rings. The van der Waals surface area contributed by atoms with Gasteiger partial charge in [-0.1, -0.05) is 24.0 Å². The van der Waals surface area contributed by atoms with Crippen LogP contribution in [0.4, 0.5) is 0 Å². The average molecular weight is 216 g/mol. The summed E-state index contributed by atoms with van der Waals surface area (Å²) in [6, 6.07) is 6.82. The van der Waals surface area contributed by atoms with E-state index in [9.17, 15) is 9.59 Å². The van der Waals surface area contributed by atoms with Gasteiger partial charge < -0.3 is 11.1 Å². The Morgan fingerprint density at radius 2 is 2.06 bits per heavy atom. The molecule has 0 fully saturated rings. The Hall–Kier alpha value is -2.28. The predicted octanol–water partition coefficient (Wildman–Crippen LogP) is 0.273. The summed E-state index contributed by atoms with van der Waals surface area (Å²) in [5, 5.41) is 2.54. The van der Waals surface area contributed by atoms with E-state index in [0.29, 0.717) is 11.1 Å². The van der Waals surface area contributed by atoms with Gasteiger partial charge in [0, 0.05) is 12.5 Å². The molecular formula is C12H12N2O2. The molecule has 4 heteroatoms. The van der Waals surface area contributed by atoms with E-state index >= 15 is 0 Å². The SMILES string of the molecule is CC(=O)NCC#Cc1ccccc1C(N)=O. The summed E-state index contributed by atoms with van der Waals surface area (Å²) < 4.78 is 0. The highest BCUT2D eigenvalue weighted by molar-refractivity contribution is 5.95. The van der Waals surface area contributed by atoms with Gasteiger partial charge in [-0.2, -0.15) is 0 Å². The molecule has 1 aromatic carbocycles. The first-order valence-electron chi connectivity index (χ1n) is 4.73. The first-order chi connectivity index (χ1) is 7.61. The van der Waals surface area contributed by atoms with Crippen LogP contribution in [0.1, 0.15) is 22.8 Å². The minimum atomic E-state index is -0.510. The number of carbonyl (C=O) groups is 2. The van der Waals surface area contributed by atoms with Crippen LogP contribution in [0.2, 0.25) is 0 Å². The molecule has 3 N–H and O–H groups in total. The van der Waals surface area contributed by atoms with E-state index in [1.807, 2.05) is 0 Å². The van der Waals surface area contributed by atoms with Crippen LogP contribution in [0.15, 0.2) is 24.3 Å². The molecule has 16 heavy (non-hydrogen) atoms.